The molecular weight excluding hydrogens is 252 g/mol. The van der Waals surface area contributed by atoms with Gasteiger partial charge in [0.1, 0.15) is 8.07 Å². The molecular formula is C16H32O2Si. The van der Waals surface area contributed by atoms with Crippen molar-refractivity contribution in [3.05, 3.63) is 0 Å². The Hall–Kier alpha value is 0.137. The maximum Gasteiger partial charge on any atom is 0.119 e. The predicted octanol–water partition coefficient (Wildman–Crippen LogP) is 4.48. The van der Waals surface area contributed by atoms with Crippen molar-refractivity contribution in [3.8, 4) is 0 Å². The first kappa shape index (κ1) is 15.5. The van der Waals surface area contributed by atoms with Gasteiger partial charge in [-0.3, -0.25) is 0 Å². The van der Waals surface area contributed by atoms with Crippen LogP contribution in [0.25, 0.3) is 0 Å². The average Bonchev–Trinajstić information content (AvgIpc) is 2.49. The molecule has 0 aromatic heterocycles. The highest BCUT2D eigenvalue weighted by molar-refractivity contribution is 6.82. The molecule has 0 aromatic rings. The van der Waals surface area contributed by atoms with Crippen LogP contribution >= 0.6 is 0 Å². The molecule has 0 saturated heterocycles. The summed E-state index contributed by atoms with van der Waals surface area (Å²) in [5.74, 6) is 0. The van der Waals surface area contributed by atoms with Gasteiger partial charge in [0.15, 0.2) is 0 Å². The largest absolute Gasteiger partial charge is 0.388 e. The molecule has 0 aromatic carbocycles. The third-order valence-corrected chi connectivity index (χ3v) is 11.7. The smallest absolute Gasteiger partial charge is 0.119 e. The zero-order valence-corrected chi connectivity index (χ0v) is 14.0. The summed E-state index contributed by atoms with van der Waals surface area (Å²) in [6.07, 6.45) is 16.6. The maximum absolute atomic E-state index is 5.75. The van der Waals surface area contributed by atoms with Crippen LogP contribution in [-0.4, -0.2) is 34.8 Å². The zero-order valence-electron chi connectivity index (χ0n) is 13.0. The van der Waals surface area contributed by atoms with Crippen molar-refractivity contribution in [2.75, 3.05) is 26.7 Å². The molecule has 0 N–H and O–H groups in total. The van der Waals surface area contributed by atoms with E-state index in [1.807, 2.05) is 14.2 Å². The van der Waals surface area contributed by atoms with Crippen molar-refractivity contribution in [2.24, 2.45) is 0 Å². The number of hydrogen-bond acceptors (Lipinski definition) is 2. The van der Waals surface area contributed by atoms with E-state index >= 15 is 0 Å². The number of ether oxygens (including phenoxy) is 2. The van der Waals surface area contributed by atoms with E-state index in [-0.39, 0.29) is 0 Å². The Morgan fingerprint density at radius 1 is 0.684 bits per heavy atom. The Balaban J connectivity index is 2.16. The molecule has 0 unspecified atom stereocenters. The van der Waals surface area contributed by atoms with E-state index in [2.05, 4.69) is 0 Å². The predicted molar refractivity (Wildman–Crippen MR) is 83.2 cm³/mol. The van der Waals surface area contributed by atoms with E-state index in [0.29, 0.717) is 0 Å². The Morgan fingerprint density at radius 3 is 1.37 bits per heavy atom. The van der Waals surface area contributed by atoms with Gasteiger partial charge in [-0.1, -0.05) is 64.2 Å². The minimum absolute atomic E-state index is 0.962. The molecule has 3 heteroatoms. The van der Waals surface area contributed by atoms with Gasteiger partial charge in [0.2, 0.25) is 0 Å². The maximum atomic E-state index is 5.75. The Morgan fingerprint density at radius 2 is 1.05 bits per heavy atom. The van der Waals surface area contributed by atoms with E-state index in [9.17, 15) is 0 Å². The van der Waals surface area contributed by atoms with Crippen LogP contribution in [0.2, 0.25) is 11.1 Å². The lowest BCUT2D eigenvalue weighted by Crippen LogP contribution is -2.54. The van der Waals surface area contributed by atoms with Crippen LogP contribution in [0.15, 0.2) is 0 Å². The molecule has 0 atom stereocenters. The molecule has 2 rings (SSSR count). The van der Waals surface area contributed by atoms with Crippen LogP contribution in [-0.2, 0) is 9.47 Å². The summed E-state index contributed by atoms with van der Waals surface area (Å²) in [5.41, 5.74) is 1.92. The molecule has 2 aliphatic rings. The minimum Gasteiger partial charge on any atom is -0.388 e. The van der Waals surface area contributed by atoms with E-state index in [4.69, 9.17) is 9.47 Å². The molecule has 0 amide bonds. The molecule has 0 spiro atoms. The highest BCUT2D eigenvalue weighted by atomic mass is 28.3. The standard InChI is InChI=1S/C16H32O2Si/c1-17-13-19(14-18-2,15-9-5-3-6-10-15)16-11-7-4-8-12-16/h15-16H,3-14H2,1-2H3. The average molecular weight is 285 g/mol. The van der Waals surface area contributed by atoms with Gasteiger partial charge in [0.05, 0.1) is 0 Å². The first-order valence-corrected chi connectivity index (χ1v) is 10.9. The van der Waals surface area contributed by atoms with Crippen LogP contribution in [0.3, 0.4) is 0 Å². The van der Waals surface area contributed by atoms with Crippen LogP contribution < -0.4 is 0 Å². The molecule has 2 nitrogen and oxygen atoms in total. The van der Waals surface area contributed by atoms with Gasteiger partial charge in [0, 0.05) is 26.7 Å². The van der Waals surface area contributed by atoms with Crippen molar-refractivity contribution >= 4 is 8.07 Å². The van der Waals surface area contributed by atoms with Gasteiger partial charge in [-0.2, -0.15) is 0 Å². The molecule has 0 bridgehead atoms. The minimum atomic E-state index is -1.44. The summed E-state index contributed by atoms with van der Waals surface area (Å²) < 4.78 is 11.5. The number of hydrogen-bond donors (Lipinski definition) is 0. The third-order valence-electron chi connectivity index (χ3n) is 5.66. The third kappa shape index (κ3) is 3.62. The first-order chi connectivity index (χ1) is 9.33. The Bertz CT molecular complexity index is 219. The molecule has 0 radical (unpaired) electrons. The zero-order chi connectivity index (χ0) is 13.6. The molecule has 0 heterocycles. The van der Waals surface area contributed by atoms with Gasteiger partial charge < -0.3 is 9.47 Å². The fraction of sp³-hybridized carbons (Fsp3) is 1.00. The van der Waals surface area contributed by atoms with Crippen molar-refractivity contribution in [1.29, 1.82) is 0 Å². The second kappa shape index (κ2) is 7.80. The van der Waals surface area contributed by atoms with Crippen LogP contribution in [0.1, 0.15) is 64.2 Å². The second-order valence-electron chi connectivity index (χ2n) is 6.77. The SMILES string of the molecule is COC[Si](COC)(C1CCCCC1)C1CCCCC1. The number of rotatable bonds is 6. The summed E-state index contributed by atoms with van der Waals surface area (Å²) in [6, 6.07) is 0. The molecule has 2 aliphatic carbocycles. The van der Waals surface area contributed by atoms with E-state index < -0.39 is 8.07 Å². The van der Waals surface area contributed by atoms with Crippen LogP contribution in [0.4, 0.5) is 0 Å². The van der Waals surface area contributed by atoms with Gasteiger partial charge >= 0.3 is 0 Å². The normalized spacial score (nSPS) is 23.7. The van der Waals surface area contributed by atoms with Crippen LogP contribution in [0, 0.1) is 0 Å². The topological polar surface area (TPSA) is 18.5 Å². The molecule has 112 valence electrons. The summed E-state index contributed by atoms with van der Waals surface area (Å²) in [7, 11) is 2.37. The Labute approximate surface area is 120 Å². The second-order valence-corrected chi connectivity index (χ2v) is 11.4. The fourth-order valence-electron chi connectivity index (χ4n) is 4.74. The molecule has 0 aliphatic heterocycles. The summed E-state index contributed by atoms with van der Waals surface area (Å²) in [5, 5.41) is 0. The lowest BCUT2D eigenvalue weighted by atomic mass is 9.99. The van der Waals surface area contributed by atoms with Crippen molar-refractivity contribution in [2.45, 2.75) is 75.3 Å². The summed E-state index contributed by atoms with van der Waals surface area (Å²) >= 11 is 0. The monoisotopic (exact) mass is 284 g/mol. The highest BCUT2D eigenvalue weighted by Crippen LogP contribution is 2.48. The molecule has 19 heavy (non-hydrogen) atoms. The summed E-state index contributed by atoms with van der Waals surface area (Å²) in [4.78, 5) is 0. The lowest BCUT2D eigenvalue weighted by molar-refractivity contribution is 0.204. The van der Waals surface area contributed by atoms with Crippen molar-refractivity contribution in [3.63, 3.8) is 0 Å². The lowest BCUT2D eigenvalue weighted by Gasteiger charge is -2.46. The van der Waals surface area contributed by atoms with E-state index in [1.165, 1.54) is 64.2 Å². The van der Waals surface area contributed by atoms with Gasteiger partial charge in [-0.25, -0.2) is 0 Å². The molecule has 2 fully saturated rings. The van der Waals surface area contributed by atoms with Gasteiger partial charge in [-0.05, 0) is 11.1 Å². The van der Waals surface area contributed by atoms with E-state index in [1.54, 1.807) is 0 Å². The van der Waals surface area contributed by atoms with Gasteiger partial charge in [-0.15, -0.1) is 0 Å². The molecule has 2 saturated carbocycles. The van der Waals surface area contributed by atoms with Gasteiger partial charge in [0.25, 0.3) is 0 Å². The quantitative estimate of drug-likeness (QED) is 0.670. The van der Waals surface area contributed by atoms with Crippen molar-refractivity contribution < 1.29 is 9.47 Å². The highest BCUT2D eigenvalue weighted by Gasteiger charge is 2.48. The first-order valence-electron chi connectivity index (χ1n) is 8.31. The van der Waals surface area contributed by atoms with Crippen LogP contribution in [0.5, 0.6) is 0 Å². The van der Waals surface area contributed by atoms with Crippen molar-refractivity contribution in [1.82, 2.24) is 0 Å². The number of methoxy groups -OCH3 is 2. The van der Waals surface area contributed by atoms with E-state index in [0.717, 1.165) is 23.5 Å². The summed E-state index contributed by atoms with van der Waals surface area (Å²) in [6.45, 7) is 0. The fourth-order valence-corrected chi connectivity index (χ4v) is 10.6. The Kier molecular flexibility index (Phi) is 6.37.